The lowest BCUT2D eigenvalue weighted by Crippen LogP contribution is -2.38. The second-order valence-electron chi connectivity index (χ2n) is 10.2. The summed E-state index contributed by atoms with van der Waals surface area (Å²) in [6.07, 6.45) is 0. The topological polar surface area (TPSA) is 70.1 Å². The lowest BCUT2D eigenvalue weighted by molar-refractivity contribution is -0.140. The van der Waals surface area contributed by atoms with Crippen molar-refractivity contribution in [2.45, 2.75) is 53.0 Å². The van der Waals surface area contributed by atoms with E-state index in [9.17, 15) is 14.7 Å². The number of rotatable bonds is 8. The summed E-state index contributed by atoms with van der Waals surface area (Å²) in [7, 11) is 1.46. The number of aliphatic hydroxyl groups excluding tert-OH is 1. The van der Waals surface area contributed by atoms with Gasteiger partial charge in [0, 0.05) is 13.1 Å². The molecule has 1 aliphatic rings. The Morgan fingerprint density at radius 1 is 1.11 bits per heavy atom. The first-order valence-corrected chi connectivity index (χ1v) is 12.8. The van der Waals surface area contributed by atoms with Gasteiger partial charge in [0.25, 0.3) is 11.7 Å². The molecule has 6 nitrogen and oxygen atoms in total. The number of halogens is 1. The van der Waals surface area contributed by atoms with Gasteiger partial charge in [0.1, 0.15) is 11.5 Å². The number of ether oxygens (including phenoxy) is 1. The van der Waals surface area contributed by atoms with E-state index in [0.29, 0.717) is 23.7 Å². The van der Waals surface area contributed by atoms with E-state index in [1.807, 2.05) is 31.2 Å². The molecule has 1 N–H and O–H groups in total. The smallest absolute Gasteiger partial charge is 0.295 e. The van der Waals surface area contributed by atoms with Crippen molar-refractivity contribution in [1.82, 2.24) is 9.80 Å². The van der Waals surface area contributed by atoms with Crippen molar-refractivity contribution in [2.75, 3.05) is 33.3 Å². The molecule has 194 valence electrons. The molecule has 0 aromatic heterocycles. The fourth-order valence-corrected chi connectivity index (χ4v) is 5.02. The number of nitrogens with zero attached hydrogens (tertiary/aromatic N) is 2. The fraction of sp³-hybridized carbons (Fsp3) is 0.448. The van der Waals surface area contributed by atoms with Crippen LogP contribution in [-0.2, 0) is 15.0 Å². The predicted octanol–water partition coefficient (Wildman–Crippen LogP) is 5.72. The van der Waals surface area contributed by atoms with Gasteiger partial charge in [-0.05, 0) is 54.3 Å². The van der Waals surface area contributed by atoms with Crippen molar-refractivity contribution < 1.29 is 19.4 Å². The molecule has 0 radical (unpaired) electrons. The van der Waals surface area contributed by atoms with Crippen LogP contribution in [0, 0.1) is 6.92 Å². The number of aliphatic hydroxyl groups is 1. The number of hydrogen-bond donors (Lipinski definition) is 1. The van der Waals surface area contributed by atoms with Gasteiger partial charge in [0.2, 0.25) is 0 Å². The Kier molecular flexibility index (Phi) is 8.52. The number of aryl methyl sites for hydroxylation is 1. The first-order chi connectivity index (χ1) is 16.9. The molecule has 0 aliphatic carbocycles. The van der Waals surface area contributed by atoms with Gasteiger partial charge in [-0.2, -0.15) is 0 Å². The van der Waals surface area contributed by atoms with Crippen LogP contribution in [0.25, 0.3) is 5.76 Å². The maximum absolute atomic E-state index is 13.4. The van der Waals surface area contributed by atoms with Crippen molar-refractivity contribution in [2.24, 2.45) is 0 Å². The van der Waals surface area contributed by atoms with E-state index in [-0.39, 0.29) is 22.5 Å². The molecule has 1 unspecified atom stereocenters. The van der Waals surface area contributed by atoms with Crippen molar-refractivity contribution in [3.8, 4) is 5.75 Å². The zero-order valence-electron chi connectivity index (χ0n) is 22.3. The van der Waals surface area contributed by atoms with Crippen LogP contribution in [0.3, 0.4) is 0 Å². The predicted molar refractivity (Wildman–Crippen MR) is 145 cm³/mol. The van der Waals surface area contributed by atoms with Gasteiger partial charge in [-0.25, -0.2) is 0 Å². The quantitative estimate of drug-likeness (QED) is 0.278. The van der Waals surface area contributed by atoms with E-state index >= 15 is 0 Å². The Morgan fingerprint density at radius 2 is 1.72 bits per heavy atom. The van der Waals surface area contributed by atoms with Crippen molar-refractivity contribution in [3.05, 3.63) is 69.2 Å². The van der Waals surface area contributed by atoms with E-state index in [1.54, 1.807) is 17.0 Å². The van der Waals surface area contributed by atoms with E-state index in [4.69, 9.17) is 16.3 Å². The average Bonchev–Trinajstić information content (AvgIpc) is 3.08. The Balaban J connectivity index is 2.20. The first kappa shape index (κ1) is 27.8. The number of carbonyl (C=O) groups is 2. The minimum absolute atomic E-state index is 0.0445. The van der Waals surface area contributed by atoms with Crippen LogP contribution >= 0.6 is 11.6 Å². The van der Waals surface area contributed by atoms with Gasteiger partial charge in [-0.1, -0.05) is 70.5 Å². The van der Waals surface area contributed by atoms with Crippen LogP contribution in [0.1, 0.15) is 62.9 Å². The zero-order chi connectivity index (χ0) is 26.8. The number of ketones is 1. The van der Waals surface area contributed by atoms with E-state index in [1.165, 1.54) is 7.11 Å². The molecule has 0 bridgehead atoms. The fourth-order valence-electron chi connectivity index (χ4n) is 4.67. The third-order valence-electron chi connectivity index (χ3n) is 6.83. The number of benzene rings is 2. The highest BCUT2D eigenvalue weighted by Crippen LogP contribution is 2.43. The Morgan fingerprint density at radius 3 is 2.25 bits per heavy atom. The van der Waals surface area contributed by atoms with Gasteiger partial charge < -0.3 is 19.6 Å². The molecule has 3 rings (SSSR count). The highest BCUT2D eigenvalue weighted by molar-refractivity contribution is 6.46. The van der Waals surface area contributed by atoms with Crippen molar-refractivity contribution >= 4 is 29.1 Å². The molecule has 2 aromatic carbocycles. The molecule has 2 aromatic rings. The highest BCUT2D eigenvalue weighted by Gasteiger charge is 2.46. The van der Waals surface area contributed by atoms with E-state index in [0.717, 1.165) is 29.8 Å². The number of likely N-dealkylation sites (N-methyl/N-ethyl adjacent to an activating group) is 1. The summed E-state index contributed by atoms with van der Waals surface area (Å²) in [4.78, 5) is 30.5. The normalized spacial score (nSPS) is 17.8. The molecular weight excluding hydrogens is 476 g/mol. The molecule has 1 atom stereocenters. The minimum atomic E-state index is -0.724. The third-order valence-corrected chi connectivity index (χ3v) is 7.11. The number of likely N-dealkylation sites (tertiary alicyclic amines) is 1. The SMILES string of the molecule is CCN(CC)CCN1C(=O)C(=O)/C(=C(/O)c2cc(C)cc(Cl)c2OC)C1c1ccc(C(C)(C)C)cc1. The molecule has 0 saturated carbocycles. The molecule has 1 fully saturated rings. The van der Waals surface area contributed by atoms with Gasteiger partial charge >= 0.3 is 0 Å². The molecule has 1 aliphatic heterocycles. The van der Waals surface area contributed by atoms with Crippen LogP contribution in [-0.4, -0.2) is 59.9 Å². The van der Waals surface area contributed by atoms with Crippen LogP contribution < -0.4 is 4.74 Å². The first-order valence-electron chi connectivity index (χ1n) is 12.4. The molecule has 1 amide bonds. The molecule has 1 saturated heterocycles. The lowest BCUT2D eigenvalue weighted by atomic mass is 9.85. The summed E-state index contributed by atoms with van der Waals surface area (Å²) in [6.45, 7) is 15.0. The van der Waals surface area contributed by atoms with Crippen LogP contribution in [0.15, 0.2) is 42.0 Å². The summed E-state index contributed by atoms with van der Waals surface area (Å²) < 4.78 is 5.46. The Hall–Kier alpha value is -2.83. The van der Waals surface area contributed by atoms with Gasteiger partial charge in [-0.3, -0.25) is 9.59 Å². The zero-order valence-corrected chi connectivity index (χ0v) is 23.1. The maximum Gasteiger partial charge on any atom is 0.295 e. The highest BCUT2D eigenvalue weighted by atomic mass is 35.5. The largest absolute Gasteiger partial charge is 0.507 e. The van der Waals surface area contributed by atoms with E-state index in [2.05, 4.69) is 39.5 Å². The monoisotopic (exact) mass is 512 g/mol. The molecule has 36 heavy (non-hydrogen) atoms. The van der Waals surface area contributed by atoms with Crippen molar-refractivity contribution in [1.29, 1.82) is 0 Å². The second kappa shape index (κ2) is 11.1. The molecular formula is C29H37ClN2O4. The van der Waals surface area contributed by atoms with Crippen molar-refractivity contribution in [3.63, 3.8) is 0 Å². The number of amides is 1. The molecule has 7 heteroatoms. The van der Waals surface area contributed by atoms with Crippen LogP contribution in [0.2, 0.25) is 5.02 Å². The number of methoxy groups -OCH3 is 1. The summed E-state index contributed by atoms with van der Waals surface area (Å²) in [5.41, 5.74) is 2.99. The number of hydrogen-bond acceptors (Lipinski definition) is 5. The van der Waals surface area contributed by atoms with E-state index < -0.39 is 17.7 Å². The van der Waals surface area contributed by atoms with Crippen LogP contribution in [0.5, 0.6) is 5.75 Å². The van der Waals surface area contributed by atoms with Gasteiger partial charge in [0.15, 0.2) is 0 Å². The maximum atomic E-state index is 13.4. The number of carbonyl (C=O) groups excluding carboxylic acids is 2. The average molecular weight is 513 g/mol. The summed E-state index contributed by atoms with van der Waals surface area (Å²) >= 11 is 6.38. The van der Waals surface area contributed by atoms with Gasteiger partial charge in [-0.15, -0.1) is 0 Å². The Labute approximate surface area is 219 Å². The summed E-state index contributed by atoms with van der Waals surface area (Å²) in [5, 5.41) is 11.8. The van der Waals surface area contributed by atoms with Gasteiger partial charge in [0.05, 0.1) is 29.3 Å². The third kappa shape index (κ3) is 5.45. The van der Waals surface area contributed by atoms with Crippen LogP contribution in [0.4, 0.5) is 0 Å². The summed E-state index contributed by atoms with van der Waals surface area (Å²) in [5.74, 6) is -1.36. The molecule has 1 heterocycles. The standard InChI is InChI=1S/C29H37ClN2O4/c1-8-31(9-2)14-15-32-24(19-10-12-20(13-11-19)29(4,5)6)23(26(34)28(32)35)25(33)21-16-18(3)17-22(30)27(21)36-7/h10-13,16-17,24,33H,8-9,14-15H2,1-7H3/b25-23+. The minimum Gasteiger partial charge on any atom is -0.507 e. The summed E-state index contributed by atoms with van der Waals surface area (Å²) in [6, 6.07) is 10.6. The molecule has 0 spiro atoms. The number of Topliss-reactive ketones (excluding diaryl/α,β-unsaturated/α-hetero) is 1. The second-order valence-corrected chi connectivity index (χ2v) is 10.6. The lowest BCUT2D eigenvalue weighted by Gasteiger charge is -2.29. The Bertz CT molecular complexity index is 1160.